The molecule has 0 radical (unpaired) electrons. The fourth-order valence-corrected chi connectivity index (χ4v) is 10.2. The van der Waals surface area contributed by atoms with Gasteiger partial charge in [-0.15, -0.1) is 0 Å². The van der Waals surface area contributed by atoms with Gasteiger partial charge in [-0.3, -0.25) is 0 Å². The average Bonchev–Trinajstić information content (AvgIpc) is 3.84. The lowest BCUT2D eigenvalue weighted by atomic mass is 9.97. The molecule has 13 rings (SSSR count). The van der Waals surface area contributed by atoms with E-state index in [1.54, 1.807) is 0 Å². The summed E-state index contributed by atoms with van der Waals surface area (Å²) in [6.45, 7) is 0. The molecule has 0 spiro atoms. The number of hydrogen-bond acceptors (Lipinski definition) is 0. The second kappa shape index (κ2) is 12.8. The predicted molar refractivity (Wildman–Crippen MR) is 256 cm³/mol. The van der Waals surface area contributed by atoms with Crippen LogP contribution in [0.2, 0.25) is 0 Å². The van der Waals surface area contributed by atoms with Crippen LogP contribution in [-0.4, -0.2) is 9.13 Å². The lowest BCUT2D eigenvalue weighted by Crippen LogP contribution is -1.99. The monoisotopic (exact) mass is 760 g/mol. The Balaban J connectivity index is 1.10. The molecule has 2 heterocycles. The van der Waals surface area contributed by atoms with E-state index < -0.39 is 0 Å². The Morgan fingerprint density at radius 2 is 0.617 bits per heavy atom. The molecule has 0 unspecified atom stereocenters. The van der Waals surface area contributed by atoms with Gasteiger partial charge in [0.25, 0.3) is 0 Å². The summed E-state index contributed by atoms with van der Waals surface area (Å²) in [5, 5.41) is 15.1. The third kappa shape index (κ3) is 4.82. The topological polar surface area (TPSA) is 9.86 Å². The van der Waals surface area contributed by atoms with Crippen LogP contribution >= 0.6 is 0 Å². The highest BCUT2D eigenvalue weighted by Crippen LogP contribution is 2.43. The highest BCUT2D eigenvalue weighted by molar-refractivity contribution is 6.23. The average molecular weight is 761 g/mol. The summed E-state index contributed by atoms with van der Waals surface area (Å²) in [7, 11) is 0. The van der Waals surface area contributed by atoms with Gasteiger partial charge in [0.05, 0.1) is 22.1 Å². The zero-order valence-electron chi connectivity index (χ0n) is 32.7. The van der Waals surface area contributed by atoms with E-state index >= 15 is 0 Å². The lowest BCUT2D eigenvalue weighted by Gasteiger charge is -2.14. The Labute approximate surface area is 346 Å². The first-order valence-corrected chi connectivity index (χ1v) is 20.8. The molecule has 0 atom stereocenters. The molecule has 2 nitrogen and oxygen atoms in total. The minimum absolute atomic E-state index is 1.12. The summed E-state index contributed by atoms with van der Waals surface area (Å²) in [5.41, 5.74) is 11.9. The number of aromatic nitrogens is 2. The standard InChI is InChI=1S/C58H36N2/c1-5-20-45-37(12-1)16-9-24-47(45)41-26-30-51-55(34-41)59(53-32-28-39-14-3-7-22-49(39)57(51)53)43-18-11-19-44(36-43)60-54-33-29-40-15-4-8-23-50(40)58(54)52-31-27-42(35-56(52)60)48-25-10-17-38-13-2-6-21-46(38)48/h1-36H. The first kappa shape index (κ1) is 33.1. The van der Waals surface area contributed by atoms with Gasteiger partial charge in [-0.25, -0.2) is 0 Å². The molecule has 2 aromatic heterocycles. The molecule has 60 heavy (non-hydrogen) atoms. The Morgan fingerprint density at radius 3 is 1.08 bits per heavy atom. The highest BCUT2D eigenvalue weighted by atomic mass is 15.0. The molecule has 13 aromatic rings. The van der Waals surface area contributed by atoms with Crippen molar-refractivity contribution >= 4 is 86.7 Å². The number of benzene rings is 11. The van der Waals surface area contributed by atoms with Crippen molar-refractivity contribution in [1.82, 2.24) is 9.13 Å². The van der Waals surface area contributed by atoms with Gasteiger partial charge in [-0.2, -0.15) is 0 Å². The van der Waals surface area contributed by atoms with E-state index in [1.165, 1.54) is 109 Å². The van der Waals surface area contributed by atoms with Crippen molar-refractivity contribution in [2.75, 3.05) is 0 Å². The van der Waals surface area contributed by atoms with E-state index in [4.69, 9.17) is 0 Å². The van der Waals surface area contributed by atoms with Gasteiger partial charge in [0.1, 0.15) is 0 Å². The van der Waals surface area contributed by atoms with Crippen LogP contribution in [0.1, 0.15) is 0 Å². The zero-order chi connectivity index (χ0) is 39.3. The van der Waals surface area contributed by atoms with Gasteiger partial charge in [-0.05, 0) is 108 Å². The van der Waals surface area contributed by atoms with E-state index in [0.29, 0.717) is 0 Å². The highest BCUT2D eigenvalue weighted by Gasteiger charge is 2.20. The quantitative estimate of drug-likeness (QED) is 0.169. The third-order valence-corrected chi connectivity index (χ3v) is 12.9. The fraction of sp³-hybridized carbons (Fsp3) is 0. The van der Waals surface area contributed by atoms with Crippen LogP contribution in [-0.2, 0) is 0 Å². The molecule has 0 amide bonds. The zero-order valence-corrected chi connectivity index (χ0v) is 32.7. The van der Waals surface area contributed by atoms with Crippen LogP contribution < -0.4 is 0 Å². The second-order valence-corrected chi connectivity index (χ2v) is 16.1. The fourth-order valence-electron chi connectivity index (χ4n) is 10.2. The molecule has 278 valence electrons. The molecule has 0 aliphatic rings. The first-order chi connectivity index (χ1) is 29.8. The van der Waals surface area contributed by atoms with Crippen LogP contribution in [0.5, 0.6) is 0 Å². The van der Waals surface area contributed by atoms with Gasteiger partial charge in [0.2, 0.25) is 0 Å². The van der Waals surface area contributed by atoms with E-state index in [-0.39, 0.29) is 0 Å². The Morgan fingerprint density at radius 1 is 0.233 bits per heavy atom. The van der Waals surface area contributed by atoms with Gasteiger partial charge in [0, 0.05) is 32.9 Å². The molecule has 0 saturated heterocycles. The SMILES string of the molecule is c1cc(-n2c3cc(-c4cccc5ccccc45)ccc3c3c4ccccc4ccc32)cc(-n2c3cc(-c4cccc5ccccc45)ccc3c3c4ccccc4ccc32)c1. The summed E-state index contributed by atoms with van der Waals surface area (Å²) in [6.07, 6.45) is 0. The molecule has 2 heteroatoms. The molecular weight excluding hydrogens is 725 g/mol. The molecule has 0 saturated carbocycles. The van der Waals surface area contributed by atoms with Gasteiger partial charge < -0.3 is 9.13 Å². The van der Waals surface area contributed by atoms with Crippen molar-refractivity contribution in [3.8, 4) is 33.6 Å². The molecule has 0 N–H and O–H groups in total. The Hall–Kier alpha value is -7.94. The number of rotatable bonds is 4. The molecule has 0 aliphatic carbocycles. The summed E-state index contributed by atoms with van der Waals surface area (Å²) in [4.78, 5) is 0. The van der Waals surface area contributed by atoms with E-state index in [2.05, 4.69) is 228 Å². The van der Waals surface area contributed by atoms with Crippen molar-refractivity contribution in [3.63, 3.8) is 0 Å². The minimum Gasteiger partial charge on any atom is -0.309 e. The van der Waals surface area contributed by atoms with Gasteiger partial charge >= 0.3 is 0 Å². The van der Waals surface area contributed by atoms with Gasteiger partial charge in [0.15, 0.2) is 0 Å². The largest absolute Gasteiger partial charge is 0.309 e. The number of fused-ring (bicyclic) bond motifs is 12. The molecular formula is C58H36N2. The normalized spacial score (nSPS) is 12.0. The first-order valence-electron chi connectivity index (χ1n) is 20.8. The smallest absolute Gasteiger partial charge is 0.0547 e. The van der Waals surface area contributed by atoms with Crippen LogP contribution in [0.3, 0.4) is 0 Å². The number of hydrogen-bond donors (Lipinski definition) is 0. The van der Waals surface area contributed by atoms with Crippen LogP contribution in [0, 0.1) is 0 Å². The summed E-state index contributed by atoms with van der Waals surface area (Å²) >= 11 is 0. The second-order valence-electron chi connectivity index (χ2n) is 16.1. The maximum absolute atomic E-state index is 2.49. The van der Waals surface area contributed by atoms with Gasteiger partial charge in [-0.1, -0.05) is 176 Å². The van der Waals surface area contributed by atoms with E-state index in [9.17, 15) is 0 Å². The summed E-state index contributed by atoms with van der Waals surface area (Å²) < 4.78 is 4.97. The van der Waals surface area contributed by atoms with Crippen molar-refractivity contribution < 1.29 is 0 Å². The van der Waals surface area contributed by atoms with Crippen molar-refractivity contribution in [3.05, 3.63) is 218 Å². The molecule has 0 fully saturated rings. The Bertz CT molecular complexity index is 3640. The Kier molecular flexibility index (Phi) is 7.05. The van der Waals surface area contributed by atoms with Crippen LogP contribution in [0.15, 0.2) is 218 Å². The predicted octanol–water partition coefficient (Wildman–Crippen LogP) is 15.8. The molecule has 11 aromatic carbocycles. The van der Waals surface area contributed by atoms with Crippen LogP contribution in [0.25, 0.3) is 120 Å². The molecule has 0 aliphatic heterocycles. The maximum Gasteiger partial charge on any atom is 0.0547 e. The van der Waals surface area contributed by atoms with Crippen LogP contribution in [0.4, 0.5) is 0 Å². The van der Waals surface area contributed by atoms with Crippen molar-refractivity contribution in [2.24, 2.45) is 0 Å². The summed E-state index contributed by atoms with van der Waals surface area (Å²) in [6, 6.07) is 80.7. The van der Waals surface area contributed by atoms with E-state index in [0.717, 1.165) is 11.4 Å². The van der Waals surface area contributed by atoms with Crippen molar-refractivity contribution in [1.29, 1.82) is 0 Å². The number of nitrogens with zero attached hydrogens (tertiary/aromatic N) is 2. The minimum atomic E-state index is 1.12. The molecule has 0 bridgehead atoms. The summed E-state index contributed by atoms with van der Waals surface area (Å²) in [5.74, 6) is 0. The third-order valence-electron chi connectivity index (χ3n) is 12.9. The van der Waals surface area contributed by atoms with E-state index in [1.807, 2.05) is 0 Å². The maximum atomic E-state index is 2.49. The lowest BCUT2D eigenvalue weighted by molar-refractivity contribution is 1.13. The van der Waals surface area contributed by atoms with Crippen molar-refractivity contribution in [2.45, 2.75) is 0 Å².